The van der Waals surface area contributed by atoms with E-state index >= 15 is 0 Å². The van der Waals surface area contributed by atoms with Crippen LogP contribution in [-0.4, -0.2) is 23.1 Å². The second kappa shape index (κ2) is 6.03. The van der Waals surface area contributed by atoms with Gasteiger partial charge >= 0.3 is 0 Å². The third-order valence-corrected chi connectivity index (χ3v) is 3.73. The maximum atomic E-state index is 4.28. The smallest absolute Gasteiger partial charge is 0.131 e. The van der Waals surface area contributed by atoms with Crippen LogP contribution < -0.4 is 10.6 Å². The lowest BCUT2D eigenvalue weighted by Crippen LogP contribution is -2.23. The Labute approximate surface area is 110 Å². The average molecular weight is 248 g/mol. The standard InChI is InChI=1S/C14H24N4/c1-3-8-15-12-9-13(18-11-17-12)16-10-14(2)6-4-5-7-14/h9,11H,3-8,10H2,1-2H3,(H2,15,16,17,18). The topological polar surface area (TPSA) is 49.8 Å². The Morgan fingerprint density at radius 1 is 1.17 bits per heavy atom. The fourth-order valence-electron chi connectivity index (χ4n) is 2.51. The summed E-state index contributed by atoms with van der Waals surface area (Å²) in [5.41, 5.74) is 0.446. The molecule has 2 rings (SSSR count). The summed E-state index contributed by atoms with van der Waals surface area (Å²) >= 11 is 0. The van der Waals surface area contributed by atoms with Crippen molar-refractivity contribution < 1.29 is 0 Å². The molecule has 4 nitrogen and oxygen atoms in total. The molecule has 0 aliphatic heterocycles. The van der Waals surface area contributed by atoms with E-state index in [0.29, 0.717) is 5.41 Å². The van der Waals surface area contributed by atoms with Crippen LogP contribution in [0.15, 0.2) is 12.4 Å². The van der Waals surface area contributed by atoms with E-state index in [1.54, 1.807) is 6.33 Å². The maximum absolute atomic E-state index is 4.28. The van der Waals surface area contributed by atoms with Crippen LogP contribution in [0.3, 0.4) is 0 Å². The van der Waals surface area contributed by atoms with Crippen molar-refractivity contribution in [2.45, 2.75) is 46.0 Å². The van der Waals surface area contributed by atoms with Crippen molar-refractivity contribution in [1.29, 1.82) is 0 Å². The van der Waals surface area contributed by atoms with Gasteiger partial charge in [-0.2, -0.15) is 0 Å². The minimum absolute atomic E-state index is 0.446. The van der Waals surface area contributed by atoms with Gasteiger partial charge in [0.15, 0.2) is 0 Å². The van der Waals surface area contributed by atoms with Crippen LogP contribution in [0, 0.1) is 5.41 Å². The molecule has 1 aromatic heterocycles. The zero-order valence-corrected chi connectivity index (χ0v) is 11.5. The van der Waals surface area contributed by atoms with Gasteiger partial charge in [-0.05, 0) is 24.7 Å². The number of anilines is 2. The molecule has 2 N–H and O–H groups in total. The van der Waals surface area contributed by atoms with Crippen molar-refractivity contribution >= 4 is 11.6 Å². The lowest BCUT2D eigenvalue weighted by atomic mass is 9.89. The van der Waals surface area contributed by atoms with Crippen molar-refractivity contribution in [2.75, 3.05) is 23.7 Å². The summed E-state index contributed by atoms with van der Waals surface area (Å²) in [5.74, 6) is 1.84. The molecule has 0 bridgehead atoms. The quantitative estimate of drug-likeness (QED) is 0.811. The Kier molecular flexibility index (Phi) is 4.39. The van der Waals surface area contributed by atoms with Crippen LogP contribution in [0.25, 0.3) is 0 Å². The first-order chi connectivity index (χ1) is 8.72. The summed E-state index contributed by atoms with van der Waals surface area (Å²) < 4.78 is 0. The van der Waals surface area contributed by atoms with Gasteiger partial charge in [-0.15, -0.1) is 0 Å². The molecule has 100 valence electrons. The highest BCUT2D eigenvalue weighted by Gasteiger charge is 2.28. The summed E-state index contributed by atoms with van der Waals surface area (Å²) in [5, 5.41) is 6.73. The van der Waals surface area contributed by atoms with Crippen molar-refractivity contribution in [2.24, 2.45) is 5.41 Å². The summed E-state index contributed by atoms with van der Waals surface area (Å²) in [6, 6.07) is 1.99. The first kappa shape index (κ1) is 13.1. The molecule has 4 heteroatoms. The van der Waals surface area contributed by atoms with Gasteiger partial charge < -0.3 is 10.6 Å². The molecular weight excluding hydrogens is 224 g/mol. The molecule has 1 aliphatic carbocycles. The summed E-state index contributed by atoms with van der Waals surface area (Å²) in [4.78, 5) is 8.49. The highest BCUT2D eigenvalue weighted by molar-refractivity contribution is 5.46. The van der Waals surface area contributed by atoms with E-state index in [0.717, 1.165) is 31.1 Å². The Morgan fingerprint density at radius 3 is 2.50 bits per heavy atom. The molecule has 0 spiro atoms. The number of hydrogen-bond donors (Lipinski definition) is 2. The van der Waals surface area contributed by atoms with Gasteiger partial charge in [-0.25, -0.2) is 9.97 Å². The van der Waals surface area contributed by atoms with Crippen molar-refractivity contribution in [1.82, 2.24) is 9.97 Å². The third-order valence-electron chi connectivity index (χ3n) is 3.73. The second-order valence-corrected chi connectivity index (χ2v) is 5.59. The Bertz CT molecular complexity index is 372. The first-order valence-electron chi connectivity index (χ1n) is 7.02. The summed E-state index contributed by atoms with van der Waals surface area (Å²) in [6.07, 6.45) is 8.11. The van der Waals surface area contributed by atoms with Crippen LogP contribution in [0.4, 0.5) is 11.6 Å². The van der Waals surface area contributed by atoms with Gasteiger partial charge in [0, 0.05) is 19.2 Å². The molecule has 0 saturated heterocycles. The number of nitrogens with zero attached hydrogens (tertiary/aromatic N) is 2. The molecule has 0 aromatic carbocycles. The SMILES string of the molecule is CCCNc1cc(NCC2(C)CCCC2)ncn1. The van der Waals surface area contributed by atoms with Crippen LogP contribution in [0.2, 0.25) is 0 Å². The fraction of sp³-hybridized carbons (Fsp3) is 0.714. The van der Waals surface area contributed by atoms with E-state index in [1.165, 1.54) is 25.7 Å². The average Bonchev–Trinajstić information content (AvgIpc) is 2.82. The zero-order valence-electron chi connectivity index (χ0n) is 11.5. The zero-order chi connectivity index (χ0) is 12.8. The van der Waals surface area contributed by atoms with E-state index in [-0.39, 0.29) is 0 Å². The van der Waals surface area contributed by atoms with E-state index in [9.17, 15) is 0 Å². The molecule has 1 aromatic rings. The van der Waals surface area contributed by atoms with Crippen molar-refractivity contribution in [3.8, 4) is 0 Å². The fourth-order valence-corrected chi connectivity index (χ4v) is 2.51. The Morgan fingerprint density at radius 2 is 1.83 bits per heavy atom. The lowest BCUT2D eigenvalue weighted by molar-refractivity contribution is 0.361. The predicted octanol–water partition coefficient (Wildman–Crippen LogP) is 3.29. The van der Waals surface area contributed by atoms with Gasteiger partial charge in [0.2, 0.25) is 0 Å². The van der Waals surface area contributed by atoms with Crippen molar-refractivity contribution in [3.63, 3.8) is 0 Å². The van der Waals surface area contributed by atoms with E-state index in [1.807, 2.05) is 6.07 Å². The minimum Gasteiger partial charge on any atom is -0.370 e. The third kappa shape index (κ3) is 3.59. The normalized spacial score (nSPS) is 17.7. The van der Waals surface area contributed by atoms with Gasteiger partial charge in [-0.3, -0.25) is 0 Å². The van der Waals surface area contributed by atoms with E-state index < -0.39 is 0 Å². The van der Waals surface area contributed by atoms with Gasteiger partial charge in [0.1, 0.15) is 18.0 Å². The van der Waals surface area contributed by atoms with Gasteiger partial charge in [-0.1, -0.05) is 26.7 Å². The molecule has 0 atom stereocenters. The van der Waals surface area contributed by atoms with Crippen LogP contribution in [0.5, 0.6) is 0 Å². The van der Waals surface area contributed by atoms with Crippen LogP contribution >= 0.6 is 0 Å². The summed E-state index contributed by atoms with van der Waals surface area (Å²) in [6.45, 7) is 6.48. The molecule has 0 unspecified atom stereocenters. The molecule has 18 heavy (non-hydrogen) atoms. The second-order valence-electron chi connectivity index (χ2n) is 5.59. The molecule has 1 fully saturated rings. The molecule has 1 aliphatic rings. The molecule has 1 saturated carbocycles. The highest BCUT2D eigenvalue weighted by atomic mass is 15.1. The monoisotopic (exact) mass is 248 g/mol. The van der Waals surface area contributed by atoms with Gasteiger partial charge in [0.05, 0.1) is 0 Å². The van der Waals surface area contributed by atoms with Crippen LogP contribution in [0.1, 0.15) is 46.0 Å². The molecule has 0 radical (unpaired) electrons. The highest BCUT2D eigenvalue weighted by Crippen LogP contribution is 2.37. The molecule has 0 amide bonds. The number of aromatic nitrogens is 2. The lowest BCUT2D eigenvalue weighted by Gasteiger charge is -2.24. The van der Waals surface area contributed by atoms with E-state index in [4.69, 9.17) is 0 Å². The van der Waals surface area contributed by atoms with E-state index in [2.05, 4.69) is 34.4 Å². The molecular formula is C14H24N4. The largest absolute Gasteiger partial charge is 0.370 e. The minimum atomic E-state index is 0.446. The molecule has 1 heterocycles. The Hall–Kier alpha value is -1.32. The number of rotatable bonds is 6. The number of nitrogens with one attached hydrogen (secondary N) is 2. The van der Waals surface area contributed by atoms with Gasteiger partial charge in [0.25, 0.3) is 0 Å². The Balaban J connectivity index is 1.88. The maximum Gasteiger partial charge on any atom is 0.131 e. The predicted molar refractivity (Wildman–Crippen MR) is 75.9 cm³/mol. The number of hydrogen-bond acceptors (Lipinski definition) is 4. The summed E-state index contributed by atoms with van der Waals surface area (Å²) in [7, 11) is 0. The van der Waals surface area contributed by atoms with Crippen LogP contribution in [-0.2, 0) is 0 Å². The first-order valence-corrected chi connectivity index (χ1v) is 7.02. The van der Waals surface area contributed by atoms with Crippen molar-refractivity contribution in [3.05, 3.63) is 12.4 Å².